The highest BCUT2D eigenvalue weighted by atomic mass is 32.1. The number of benzene rings is 1. The summed E-state index contributed by atoms with van der Waals surface area (Å²) in [6.45, 7) is 0.931. The highest BCUT2D eigenvalue weighted by Crippen LogP contribution is 2.11. The van der Waals surface area contributed by atoms with Crippen molar-refractivity contribution >= 4 is 34.2 Å². The Kier molecular flexibility index (Phi) is 5.79. The van der Waals surface area contributed by atoms with Crippen LogP contribution in [-0.2, 0) is 11.2 Å². The lowest BCUT2D eigenvalue weighted by molar-refractivity contribution is -0.120. The molecule has 2 heterocycles. The van der Waals surface area contributed by atoms with Crippen LogP contribution in [-0.4, -0.2) is 34.9 Å². The summed E-state index contributed by atoms with van der Waals surface area (Å²) in [5.41, 5.74) is 1.99. The summed E-state index contributed by atoms with van der Waals surface area (Å²) in [5, 5.41) is 7.46. The number of hydrogen-bond donors (Lipinski definition) is 3. The molecule has 0 unspecified atom stereocenters. The molecular formula is C18H20N4O2S. The van der Waals surface area contributed by atoms with Crippen LogP contribution in [0.2, 0.25) is 0 Å². The monoisotopic (exact) mass is 356 g/mol. The van der Waals surface area contributed by atoms with E-state index in [1.165, 1.54) is 11.3 Å². The van der Waals surface area contributed by atoms with E-state index >= 15 is 0 Å². The Hall–Kier alpha value is -2.67. The third-order valence-corrected chi connectivity index (χ3v) is 4.60. The molecule has 0 spiro atoms. The van der Waals surface area contributed by atoms with Gasteiger partial charge in [-0.25, -0.2) is 4.98 Å². The summed E-state index contributed by atoms with van der Waals surface area (Å²) < 4.78 is 0. The van der Waals surface area contributed by atoms with E-state index in [1.54, 1.807) is 6.07 Å². The number of carbonyl (C=O) groups excluding carboxylic acids is 2. The molecule has 0 fully saturated rings. The van der Waals surface area contributed by atoms with Crippen molar-refractivity contribution in [2.24, 2.45) is 0 Å². The fourth-order valence-electron chi connectivity index (χ4n) is 2.48. The molecule has 0 bridgehead atoms. The number of thiophene rings is 1. The molecule has 0 saturated carbocycles. The van der Waals surface area contributed by atoms with Gasteiger partial charge in [0.05, 0.1) is 15.9 Å². The van der Waals surface area contributed by atoms with E-state index in [0.29, 0.717) is 18.0 Å². The van der Waals surface area contributed by atoms with Crippen LogP contribution in [0.15, 0.2) is 41.8 Å². The first kappa shape index (κ1) is 17.2. The first-order chi connectivity index (χ1) is 12.2. The van der Waals surface area contributed by atoms with Crippen LogP contribution in [0, 0.1) is 0 Å². The molecule has 7 heteroatoms. The van der Waals surface area contributed by atoms with Crippen molar-refractivity contribution in [3.8, 4) is 0 Å². The number of H-pyrrole nitrogens is 1. The molecule has 0 aliphatic rings. The van der Waals surface area contributed by atoms with Crippen molar-refractivity contribution in [3.63, 3.8) is 0 Å². The number of nitrogens with zero attached hydrogens (tertiary/aromatic N) is 1. The van der Waals surface area contributed by atoms with Crippen LogP contribution in [0.1, 0.15) is 28.3 Å². The molecule has 0 saturated heterocycles. The highest BCUT2D eigenvalue weighted by Gasteiger charge is 2.07. The lowest BCUT2D eigenvalue weighted by atomic mass is 10.3. The largest absolute Gasteiger partial charge is 0.356 e. The number of amides is 2. The summed E-state index contributed by atoms with van der Waals surface area (Å²) in [7, 11) is 0. The van der Waals surface area contributed by atoms with Crippen molar-refractivity contribution in [2.75, 3.05) is 13.1 Å². The summed E-state index contributed by atoms with van der Waals surface area (Å²) >= 11 is 1.38. The lowest BCUT2D eigenvalue weighted by Crippen LogP contribution is -2.31. The molecule has 0 aliphatic heterocycles. The van der Waals surface area contributed by atoms with Crippen molar-refractivity contribution in [1.29, 1.82) is 0 Å². The number of imidazole rings is 1. The predicted molar refractivity (Wildman–Crippen MR) is 98.7 cm³/mol. The number of aromatic nitrogens is 2. The van der Waals surface area contributed by atoms with Crippen molar-refractivity contribution in [2.45, 2.75) is 19.3 Å². The average molecular weight is 356 g/mol. The van der Waals surface area contributed by atoms with E-state index in [-0.39, 0.29) is 18.2 Å². The molecule has 6 nitrogen and oxygen atoms in total. The predicted octanol–water partition coefficient (Wildman–Crippen LogP) is 2.49. The first-order valence-corrected chi connectivity index (χ1v) is 9.12. The molecular weight excluding hydrogens is 336 g/mol. The number of aromatic amines is 1. The van der Waals surface area contributed by atoms with Crippen LogP contribution in [0.3, 0.4) is 0 Å². The number of nitrogens with one attached hydrogen (secondary N) is 3. The number of hydrogen-bond acceptors (Lipinski definition) is 4. The van der Waals surface area contributed by atoms with E-state index in [4.69, 9.17) is 0 Å². The zero-order valence-electron chi connectivity index (χ0n) is 13.7. The molecule has 130 valence electrons. The molecule has 2 aromatic heterocycles. The fourth-order valence-corrected chi connectivity index (χ4v) is 3.12. The van der Waals surface area contributed by atoms with Crippen LogP contribution < -0.4 is 10.6 Å². The first-order valence-electron chi connectivity index (χ1n) is 8.24. The average Bonchev–Trinajstić information content (AvgIpc) is 3.27. The maximum absolute atomic E-state index is 11.8. The molecule has 25 heavy (non-hydrogen) atoms. The van der Waals surface area contributed by atoms with Crippen molar-refractivity contribution < 1.29 is 9.59 Å². The molecule has 3 aromatic rings. The quantitative estimate of drug-likeness (QED) is 0.542. The minimum atomic E-state index is -0.132. The number of fused-ring (bicyclic) bond motifs is 1. The van der Waals surface area contributed by atoms with E-state index < -0.39 is 0 Å². The Balaban J connectivity index is 1.30. The van der Waals surface area contributed by atoms with Gasteiger partial charge in [0.15, 0.2) is 0 Å². The van der Waals surface area contributed by atoms with Crippen molar-refractivity contribution in [3.05, 3.63) is 52.5 Å². The van der Waals surface area contributed by atoms with E-state index in [9.17, 15) is 9.59 Å². The molecule has 2 amide bonds. The highest BCUT2D eigenvalue weighted by molar-refractivity contribution is 7.12. The van der Waals surface area contributed by atoms with Gasteiger partial charge in [-0.1, -0.05) is 18.2 Å². The van der Waals surface area contributed by atoms with Gasteiger partial charge in [0.2, 0.25) is 5.91 Å². The SMILES string of the molecule is O=C(CCNC(=O)c1cccs1)NCCCc1nc2ccccc2[nH]1. The topological polar surface area (TPSA) is 86.9 Å². The normalized spacial score (nSPS) is 10.7. The van der Waals surface area contributed by atoms with Gasteiger partial charge in [0, 0.05) is 25.9 Å². The van der Waals surface area contributed by atoms with Gasteiger partial charge in [0.1, 0.15) is 5.82 Å². The van der Waals surface area contributed by atoms with E-state index in [0.717, 1.165) is 29.7 Å². The third kappa shape index (κ3) is 4.90. The summed E-state index contributed by atoms with van der Waals surface area (Å²) in [6.07, 6.45) is 1.87. The van der Waals surface area contributed by atoms with Crippen LogP contribution >= 0.6 is 11.3 Å². The maximum atomic E-state index is 11.8. The van der Waals surface area contributed by atoms with Crippen LogP contribution in [0.5, 0.6) is 0 Å². The molecule has 0 radical (unpaired) electrons. The zero-order chi connectivity index (χ0) is 17.5. The van der Waals surface area contributed by atoms with Gasteiger partial charge in [-0.2, -0.15) is 0 Å². The standard InChI is InChI=1S/C18H20N4O2S/c23-17(9-11-20-18(24)15-7-4-12-25-15)19-10-3-8-16-21-13-5-1-2-6-14(13)22-16/h1-2,4-7,12H,3,8-11H2,(H,19,23)(H,20,24)(H,21,22). The van der Waals surface area contributed by atoms with Gasteiger partial charge in [-0.3, -0.25) is 9.59 Å². The molecule has 0 atom stereocenters. The Morgan fingerprint density at radius 3 is 2.76 bits per heavy atom. The number of carbonyl (C=O) groups is 2. The second kappa shape index (κ2) is 8.43. The lowest BCUT2D eigenvalue weighted by Gasteiger charge is -2.05. The number of para-hydroxylation sites is 2. The van der Waals surface area contributed by atoms with E-state index in [1.807, 2.05) is 35.7 Å². The number of rotatable bonds is 8. The molecule has 1 aromatic carbocycles. The Morgan fingerprint density at radius 1 is 1.08 bits per heavy atom. The Morgan fingerprint density at radius 2 is 1.96 bits per heavy atom. The van der Waals surface area contributed by atoms with Gasteiger partial charge in [-0.05, 0) is 30.0 Å². The molecule has 0 aliphatic carbocycles. The Labute approximate surface area is 149 Å². The van der Waals surface area contributed by atoms with Gasteiger partial charge in [-0.15, -0.1) is 11.3 Å². The van der Waals surface area contributed by atoms with Crippen LogP contribution in [0.25, 0.3) is 11.0 Å². The van der Waals surface area contributed by atoms with Crippen molar-refractivity contribution in [1.82, 2.24) is 20.6 Å². The Bertz CT molecular complexity index is 809. The zero-order valence-corrected chi connectivity index (χ0v) is 14.6. The second-order valence-corrected chi connectivity index (χ2v) is 6.59. The minimum absolute atomic E-state index is 0.0592. The molecule has 3 rings (SSSR count). The van der Waals surface area contributed by atoms with Gasteiger partial charge >= 0.3 is 0 Å². The van der Waals surface area contributed by atoms with Gasteiger partial charge in [0.25, 0.3) is 5.91 Å². The summed E-state index contributed by atoms with van der Waals surface area (Å²) in [4.78, 5) is 32.0. The third-order valence-electron chi connectivity index (χ3n) is 3.73. The smallest absolute Gasteiger partial charge is 0.261 e. The summed E-state index contributed by atoms with van der Waals surface area (Å²) in [6, 6.07) is 11.5. The van der Waals surface area contributed by atoms with E-state index in [2.05, 4.69) is 20.6 Å². The summed E-state index contributed by atoms with van der Waals surface area (Å²) in [5.74, 6) is 0.738. The van der Waals surface area contributed by atoms with Crippen LogP contribution in [0.4, 0.5) is 0 Å². The maximum Gasteiger partial charge on any atom is 0.261 e. The molecule has 3 N–H and O–H groups in total. The fraction of sp³-hybridized carbons (Fsp3) is 0.278. The second-order valence-electron chi connectivity index (χ2n) is 5.64. The minimum Gasteiger partial charge on any atom is -0.356 e. The number of aryl methyl sites for hydroxylation is 1. The van der Waals surface area contributed by atoms with Gasteiger partial charge < -0.3 is 15.6 Å².